The van der Waals surface area contributed by atoms with Gasteiger partial charge in [0.05, 0.1) is 13.2 Å². The maximum Gasteiger partial charge on any atom is 0.345 e. The monoisotopic (exact) mass is 362 g/mol. The minimum Gasteiger partial charge on any atom is -0.426 e. The Kier molecular flexibility index (Phi) is 5.02. The van der Waals surface area contributed by atoms with Crippen LogP contribution in [-0.2, 0) is 24.8 Å². The van der Waals surface area contributed by atoms with E-state index in [1.807, 2.05) is 6.07 Å². The molecule has 1 aromatic rings. The average molecular weight is 363 g/mol. The van der Waals surface area contributed by atoms with Gasteiger partial charge in [0, 0.05) is 10.9 Å². The molecule has 1 heterocycles. The van der Waals surface area contributed by atoms with Gasteiger partial charge >= 0.3 is 13.6 Å². The molecular weight excluding hydrogens is 347 g/mol. The predicted molar refractivity (Wildman–Crippen MR) is 78.1 cm³/mol. The van der Waals surface area contributed by atoms with E-state index in [4.69, 9.17) is 13.8 Å². The van der Waals surface area contributed by atoms with Gasteiger partial charge in [-0.25, -0.2) is 0 Å². The number of esters is 1. The molecule has 0 bridgehead atoms. The Hall–Kier alpha value is -0.680. The third kappa shape index (κ3) is 3.14. The van der Waals surface area contributed by atoms with Crippen molar-refractivity contribution in [1.82, 2.24) is 0 Å². The van der Waals surface area contributed by atoms with E-state index >= 15 is 0 Å². The maximum absolute atomic E-state index is 12.7. The zero-order valence-electron chi connectivity index (χ0n) is 11.3. The van der Waals surface area contributed by atoms with E-state index in [0.717, 1.165) is 10.0 Å². The number of hydrogen-bond acceptors (Lipinski definition) is 5. The minimum absolute atomic E-state index is 0.215. The van der Waals surface area contributed by atoms with E-state index in [0.29, 0.717) is 5.75 Å². The summed E-state index contributed by atoms with van der Waals surface area (Å²) in [6.07, 6.45) is 0.283. The standard InChI is InChI=1S/C13H16BrO5P/c1-3-17-20(16,18-4-2)12-8-9-7-10(14)5-6-11(9)19-13(12)15/h5-7,12H,3-4,8H2,1-2H3. The number of rotatable bonds is 5. The van der Waals surface area contributed by atoms with Gasteiger partial charge in [0.1, 0.15) is 5.75 Å². The van der Waals surface area contributed by atoms with Crippen molar-refractivity contribution in [3.63, 3.8) is 0 Å². The Morgan fingerprint density at radius 3 is 2.60 bits per heavy atom. The summed E-state index contributed by atoms with van der Waals surface area (Å²) in [5.41, 5.74) is -0.104. The normalized spacial score (nSPS) is 18.6. The maximum atomic E-state index is 12.7. The second-order valence-electron chi connectivity index (χ2n) is 4.27. The van der Waals surface area contributed by atoms with Gasteiger partial charge in [-0.05, 0) is 37.6 Å². The molecule has 0 N–H and O–H groups in total. The summed E-state index contributed by atoms with van der Waals surface area (Å²) < 4.78 is 29.3. The van der Waals surface area contributed by atoms with Gasteiger partial charge in [-0.2, -0.15) is 0 Å². The van der Waals surface area contributed by atoms with E-state index in [1.165, 1.54) is 0 Å². The fourth-order valence-electron chi connectivity index (χ4n) is 2.09. The van der Waals surface area contributed by atoms with Crippen molar-refractivity contribution < 1.29 is 23.1 Å². The number of fused-ring (bicyclic) bond motifs is 1. The largest absolute Gasteiger partial charge is 0.426 e. The van der Waals surface area contributed by atoms with Crippen molar-refractivity contribution in [1.29, 1.82) is 0 Å². The van der Waals surface area contributed by atoms with Crippen LogP contribution in [0.1, 0.15) is 19.4 Å². The summed E-state index contributed by atoms with van der Waals surface area (Å²) in [5, 5.41) is 0. The first-order valence-electron chi connectivity index (χ1n) is 6.39. The molecule has 0 fully saturated rings. The van der Waals surface area contributed by atoms with Crippen molar-refractivity contribution >= 4 is 29.5 Å². The zero-order chi connectivity index (χ0) is 14.8. The lowest BCUT2D eigenvalue weighted by molar-refractivity contribution is -0.135. The molecule has 1 aliphatic heterocycles. The number of carbonyl (C=O) groups is 1. The molecule has 1 atom stereocenters. The third-order valence-electron chi connectivity index (χ3n) is 2.92. The van der Waals surface area contributed by atoms with Crippen LogP contribution in [0.15, 0.2) is 22.7 Å². The van der Waals surface area contributed by atoms with Crippen LogP contribution in [0.5, 0.6) is 5.75 Å². The van der Waals surface area contributed by atoms with Crippen molar-refractivity contribution in [3.8, 4) is 5.75 Å². The van der Waals surface area contributed by atoms with Gasteiger partial charge in [-0.3, -0.25) is 9.36 Å². The highest BCUT2D eigenvalue weighted by Gasteiger charge is 2.45. The summed E-state index contributed by atoms with van der Waals surface area (Å²) in [4.78, 5) is 12.1. The van der Waals surface area contributed by atoms with Crippen LogP contribution in [0.2, 0.25) is 0 Å². The van der Waals surface area contributed by atoms with Crippen molar-refractivity contribution in [3.05, 3.63) is 28.2 Å². The lowest BCUT2D eigenvalue weighted by Gasteiger charge is -2.28. The number of halogens is 1. The smallest absolute Gasteiger partial charge is 0.345 e. The summed E-state index contributed by atoms with van der Waals surface area (Å²) in [7, 11) is -3.51. The molecule has 0 aromatic heterocycles. The first-order chi connectivity index (χ1) is 9.50. The fraction of sp³-hybridized carbons (Fsp3) is 0.462. The van der Waals surface area contributed by atoms with Crippen LogP contribution in [0.25, 0.3) is 0 Å². The molecule has 7 heteroatoms. The fourth-order valence-corrected chi connectivity index (χ4v) is 4.39. The van der Waals surface area contributed by atoms with Gasteiger partial charge in [-0.15, -0.1) is 0 Å². The molecule has 0 spiro atoms. The molecule has 1 aromatic carbocycles. The van der Waals surface area contributed by atoms with Crippen LogP contribution < -0.4 is 4.74 Å². The van der Waals surface area contributed by atoms with Crippen LogP contribution >= 0.6 is 23.5 Å². The molecule has 0 radical (unpaired) electrons. The topological polar surface area (TPSA) is 61.8 Å². The van der Waals surface area contributed by atoms with Crippen molar-refractivity contribution in [2.45, 2.75) is 25.9 Å². The lowest BCUT2D eigenvalue weighted by atomic mass is 10.1. The van der Waals surface area contributed by atoms with E-state index in [9.17, 15) is 9.36 Å². The van der Waals surface area contributed by atoms with Gasteiger partial charge in [0.2, 0.25) is 0 Å². The second kappa shape index (κ2) is 6.39. The van der Waals surface area contributed by atoms with Crippen LogP contribution in [0.3, 0.4) is 0 Å². The highest BCUT2D eigenvalue weighted by atomic mass is 79.9. The summed E-state index contributed by atoms with van der Waals surface area (Å²) in [5.74, 6) is -0.0703. The number of ether oxygens (including phenoxy) is 1. The Bertz CT molecular complexity index is 550. The molecule has 110 valence electrons. The van der Waals surface area contributed by atoms with Crippen LogP contribution in [0.4, 0.5) is 0 Å². The van der Waals surface area contributed by atoms with E-state index in [1.54, 1.807) is 26.0 Å². The number of hydrogen-bond donors (Lipinski definition) is 0. The Morgan fingerprint density at radius 2 is 2.00 bits per heavy atom. The lowest BCUT2D eigenvalue weighted by Crippen LogP contribution is -2.33. The second-order valence-corrected chi connectivity index (χ2v) is 7.40. The summed E-state index contributed by atoms with van der Waals surface area (Å²) in [6.45, 7) is 3.85. The summed E-state index contributed by atoms with van der Waals surface area (Å²) >= 11 is 3.37. The first-order valence-corrected chi connectivity index (χ1v) is 8.79. The highest BCUT2D eigenvalue weighted by molar-refractivity contribution is 9.10. The predicted octanol–water partition coefficient (Wildman–Crippen LogP) is 3.55. The molecule has 0 aliphatic carbocycles. The third-order valence-corrected chi connectivity index (χ3v) is 5.80. The highest BCUT2D eigenvalue weighted by Crippen LogP contribution is 2.56. The molecule has 5 nitrogen and oxygen atoms in total. The van der Waals surface area contributed by atoms with Crippen molar-refractivity contribution in [2.24, 2.45) is 0 Å². The minimum atomic E-state index is -3.51. The zero-order valence-corrected chi connectivity index (χ0v) is 13.8. The molecule has 0 saturated carbocycles. The van der Waals surface area contributed by atoms with Crippen LogP contribution in [0, 0.1) is 0 Å². The van der Waals surface area contributed by atoms with E-state index < -0.39 is 19.2 Å². The molecule has 1 unspecified atom stereocenters. The molecule has 20 heavy (non-hydrogen) atoms. The molecule has 0 amide bonds. The van der Waals surface area contributed by atoms with Gasteiger partial charge in [-0.1, -0.05) is 15.9 Å². The molecular formula is C13H16BrO5P. The van der Waals surface area contributed by atoms with Crippen LogP contribution in [-0.4, -0.2) is 24.8 Å². The average Bonchev–Trinajstić information content (AvgIpc) is 2.39. The van der Waals surface area contributed by atoms with Gasteiger partial charge in [0.25, 0.3) is 0 Å². The number of carbonyl (C=O) groups excluding carboxylic acids is 1. The first kappa shape index (κ1) is 15.7. The summed E-state index contributed by atoms with van der Waals surface area (Å²) in [6, 6.07) is 5.34. The SMILES string of the molecule is CCOP(=O)(OCC)C1Cc2cc(Br)ccc2OC1=O. The Morgan fingerprint density at radius 1 is 1.35 bits per heavy atom. The Labute approximate surface area is 126 Å². The molecule has 1 aliphatic rings. The van der Waals surface area contributed by atoms with E-state index in [-0.39, 0.29) is 19.6 Å². The number of benzene rings is 1. The molecule has 2 rings (SSSR count). The quantitative estimate of drug-likeness (QED) is 0.455. The Balaban J connectivity index is 2.33. The van der Waals surface area contributed by atoms with Gasteiger partial charge < -0.3 is 13.8 Å². The van der Waals surface area contributed by atoms with Gasteiger partial charge in [0.15, 0.2) is 5.66 Å². The van der Waals surface area contributed by atoms with E-state index in [2.05, 4.69) is 15.9 Å². The van der Waals surface area contributed by atoms with Crippen molar-refractivity contribution in [2.75, 3.05) is 13.2 Å². The molecule has 0 saturated heterocycles.